The molecule has 2 aromatic carbocycles. The average molecular weight is 446 g/mol. The van der Waals surface area contributed by atoms with Crippen molar-refractivity contribution in [2.75, 3.05) is 7.05 Å². The van der Waals surface area contributed by atoms with Crippen LogP contribution >= 0.6 is 0 Å². The van der Waals surface area contributed by atoms with Crippen LogP contribution in [0.5, 0.6) is 0 Å². The van der Waals surface area contributed by atoms with Crippen LogP contribution in [0.3, 0.4) is 0 Å². The number of likely N-dealkylation sites (N-methyl/N-ethyl adjacent to an activating group) is 1. The number of primary sulfonamides is 1. The minimum absolute atomic E-state index is 0.0336. The van der Waals surface area contributed by atoms with Crippen molar-refractivity contribution in [3.63, 3.8) is 0 Å². The quantitative estimate of drug-likeness (QED) is 0.496. The van der Waals surface area contributed by atoms with Gasteiger partial charge in [-0.1, -0.05) is 18.2 Å². The Morgan fingerprint density at radius 1 is 1.23 bits per heavy atom. The molecule has 2 amide bonds. The van der Waals surface area contributed by atoms with E-state index in [2.05, 4.69) is 5.32 Å². The zero-order valence-corrected chi connectivity index (χ0v) is 17.6. The van der Waals surface area contributed by atoms with Gasteiger partial charge in [-0.25, -0.2) is 13.6 Å². The molecule has 3 rings (SSSR count). The highest BCUT2D eigenvalue weighted by Gasteiger charge is 2.34. The van der Waals surface area contributed by atoms with Crippen molar-refractivity contribution >= 4 is 27.5 Å². The van der Waals surface area contributed by atoms with Crippen molar-refractivity contribution < 1.29 is 22.9 Å². The number of carbonyl (C=O) groups excluding carboxylic acids is 2. The van der Waals surface area contributed by atoms with E-state index in [1.807, 2.05) is 0 Å². The lowest BCUT2D eigenvalue weighted by molar-refractivity contribution is -0.385. The molecule has 2 aromatic rings. The van der Waals surface area contributed by atoms with Crippen molar-refractivity contribution in [3.05, 3.63) is 69.3 Å². The predicted octanol–water partition coefficient (Wildman–Crippen LogP) is 0.874. The Labute approximate surface area is 179 Å². The number of hydrogen-bond donors (Lipinski definition) is 2. The van der Waals surface area contributed by atoms with Crippen LogP contribution in [0.15, 0.2) is 47.4 Å². The lowest BCUT2D eigenvalue weighted by atomic mass is 9.92. The van der Waals surface area contributed by atoms with E-state index >= 15 is 0 Å². The molecule has 31 heavy (non-hydrogen) atoms. The number of nitrogens with zero attached hydrogens (tertiary/aromatic N) is 2. The van der Waals surface area contributed by atoms with Crippen molar-refractivity contribution in [1.29, 1.82) is 0 Å². The Kier molecular flexibility index (Phi) is 6.37. The fourth-order valence-electron chi connectivity index (χ4n) is 3.62. The first-order valence-corrected chi connectivity index (χ1v) is 11.0. The number of rotatable bonds is 6. The Hall–Kier alpha value is -3.31. The van der Waals surface area contributed by atoms with Gasteiger partial charge in [0.05, 0.1) is 9.82 Å². The van der Waals surface area contributed by atoms with Crippen LogP contribution in [0.1, 0.15) is 23.1 Å². The number of carbonyl (C=O) groups is 2. The highest BCUT2D eigenvalue weighted by Crippen LogP contribution is 2.28. The van der Waals surface area contributed by atoms with Crippen LogP contribution in [0.2, 0.25) is 0 Å². The SMILES string of the molecule is CNC(=O)C1Cc2ccc([N+](=O)[O-])cc2CN1C(=O)CCc1cccc(S(N)(=O)=O)c1. The topological polar surface area (TPSA) is 153 Å². The van der Waals surface area contributed by atoms with Gasteiger partial charge in [-0.05, 0) is 35.2 Å². The van der Waals surface area contributed by atoms with Crippen LogP contribution in [0, 0.1) is 10.1 Å². The molecule has 0 saturated carbocycles. The minimum atomic E-state index is -3.86. The van der Waals surface area contributed by atoms with Crippen molar-refractivity contribution in [1.82, 2.24) is 10.2 Å². The van der Waals surface area contributed by atoms with Crippen LogP contribution in [0.25, 0.3) is 0 Å². The summed E-state index contributed by atoms with van der Waals surface area (Å²) < 4.78 is 23.0. The minimum Gasteiger partial charge on any atom is -0.357 e. The molecule has 10 nitrogen and oxygen atoms in total. The number of aryl methyl sites for hydroxylation is 1. The summed E-state index contributed by atoms with van der Waals surface area (Å²) in [7, 11) is -2.37. The van der Waals surface area contributed by atoms with Gasteiger partial charge in [-0.3, -0.25) is 19.7 Å². The zero-order chi connectivity index (χ0) is 22.8. The highest BCUT2D eigenvalue weighted by atomic mass is 32.2. The summed E-state index contributed by atoms with van der Waals surface area (Å²) in [6.07, 6.45) is 0.534. The van der Waals surface area contributed by atoms with Crippen LogP contribution in [-0.2, 0) is 39.0 Å². The standard InChI is InChI=1S/C20H22N4O6S/c1-22-20(26)18-11-14-6-7-16(24(27)28)10-15(14)12-23(18)19(25)8-5-13-3-2-4-17(9-13)31(21,29)30/h2-4,6-7,9-10,18H,5,8,11-12H2,1H3,(H,22,26)(H2,21,29,30). The maximum absolute atomic E-state index is 13.0. The van der Waals surface area contributed by atoms with Crippen molar-refractivity contribution in [2.24, 2.45) is 5.14 Å². The Morgan fingerprint density at radius 3 is 2.61 bits per heavy atom. The maximum atomic E-state index is 13.0. The summed E-state index contributed by atoms with van der Waals surface area (Å²) >= 11 is 0. The fourth-order valence-corrected chi connectivity index (χ4v) is 4.20. The van der Waals surface area contributed by atoms with Gasteiger partial charge < -0.3 is 10.2 Å². The van der Waals surface area contributed by atoms with Gasteiger partial charge in [0.25, 0.3) is 5.69 Å². The van der Waals surface area contributed by atoms with Crippen LogP contribution in [-0.4, -0.2) is 43.1 Å². The Morgan fingerprint density at radius 2 is 1.97 bits per heavy atom. The van der Waals surface area contributed by atoms with Gasteiger partial charge in [-0.2, -0.15) is 0 Å². The Balaban J connectivity index is 1.81. The lowest BCUT2D eigenvalue weighted by Crippen LogP contribution is -2.52. The monoisotopic (exact) mass is 446 g/mol. The maximum Gasteiger partial charge on any atom is 0.269 e. The van der Waals surface area contributed by atoms with Crippen molar-refractivity contribution in [2.45, 2.75) is 36.7 Å². The normalized spacial score (nSPS) is 15.8. The molecule has 3 N–H and O–H groups in total. The average Bonchev–Trinajstić information content (AvgIpc) is 2.75. The number of nitro benzene ring substituents is 1. The number of nitrogens with one attached hydrogen (secondary N) is 1. The van der Waals surface area contributed by atoms with Gasteiger partial charge in [0.2, 0.25) is 21.8 Å². The zero-order valence-electron chi connectivity index (χ0n) is 16.8. The van der Waals surface area contributed by atoms with Gasteiger partial charge in [-0.15, -0.1) is 0 Å². The third-order valence-corrected chi connectivity index (χ3v) is 6.17. The molecular weight excluding hydrogens is 424 g/mol. The third-order valence-electron chi connectivity index (χ3n) is 5.25. The predicted molar refractivity (Wildman–Crippen MR) is 111 cm³/mol. The number of benzene rings is 2. The molecule has 0 fully saturated rings. The molecular formula is C20H22N4O6S. The van der Waals surface area contributed by atoms with E-state index in [0.717, 1.165) is 5.56 Å². The molecule has 0 aromatic heterocycles. The second-order valence-electron chi connectivity index (χ2n) is 7.26. The first-order chi connectivity index (χ1) is 14.6. The van der Waals surface area contributed by atoms with Crippen molar-refractivity contribution in [3.8, 4) is 0 Å². The summed E-state index contributed by atoms with van der Waals surface area (Å²) in [5, 5.41) is 18.8. The molecule has 0 saturated heterocycles. The molecule has 0 radical (unpaired) electrons. The molecule has 164 valence electrons. The summed E-state index contributed by atoms with van der Waals surface area (Å²) in [6, 6.07) is 9.70. The van der Waals surface area contributed by atoms with Gasteiger partial charge >= 0.3 is 0 Å². The molecule has 0 aliphatic carbocycles. The summed E-state index contributed by atoms with van der Waals surface area (Å²) in [5.41, 5.74) is 1.94. The van der Waals surface area contributed by atoms with Gasteiger partial charge in [0.1, 0.15) is 6.04 Å². The van der Waals surface area contributed by atoms with Gasteiger partial charge in [0.15, 0.2) is 0 Å². The Bertz CT molecular complexity index is 1150. The van der Waals surface area contributed by atoms with E-state index in [9.17, 15) is 28.1 Å². The molecule has 1 unspecified atom stereocenters. The lowest BCUT2D eigenvalue weighted by Gasteiger charge is -2.35. The number of hydrogen-bond acceptors (Lipinski definition) is 6. The first kappa shape index (κ1) is 22.4. The molecule has 1 atom stereocenters. The largest absolute Gasteiger partial charge is 0.357 e. The van der Waals surface area contributed by atoms with Crippen LogP contribution < -0.4 is 10.5 Å². The van der Waals surface area contributed by atoms with E-state index in [1.54, 1.807) is 18.2 Å². The first-order valence-electron chi connectivity index (χ1n) is 9.49. The summed E-state index contributed by atoms with van der Waals surface area (Å²) in [4.78, 5) is 37.3. The molecule has 0 bridgehead atoms. The molecule has 1 aliphatic rings. The molecule has 11 heteroatoms. The second-order valence-corrected chi connectivity index (χ2v) is 8.82. The van der Waals surface area contributed by atoms with Gasteiger partial charge in [0, 0.05) is 38.6 Å². The highest BCUT2D eigenvalue weighted by molar-refractivity contribution is 7.89. The molecule has 0 spiro atoms. The number of nitrogens with two attached hydrogens (primary N) is 1. The van der Waals surface area contributed by atoms with E-state index in [1.165, 1.54) is 36.2 Å². The van der Waals surface area contributed by atoms with Crippen LogP contribution in [0.4, 0.5) is 5.69 Å². The molecule has 1 heterocycles. The third kappa shape index (κ3) is 5.06. The second kappa shape index (κ2) is 8.82. The number of nitro groups is 1. The smallest absolute Gasteiger partial charge is 0.269 e. The van der Waals surface area contributed by atoms with E-state index < -0.39 is 21.0 Å². The number of sulfonamides is 1. The fraction of sp³-hybridized carbons (Fsp3) is 0.300. The summed E-state index contributed by atoms with van der Waals surface area (Å²) in [5.74, 6) is -0.639. The molecule has 1 aliphatic heterocycles. The van der Waals surface area contributed by atoms with E-state index in [4.69, 9.17) is 5.14 Å². The van der Waals surface area contributed by atoms with E-state index in [0.29, 0.717) is 11.1 Å². The van der Waals surface area contributed by atoms with E-state index in [-0.39, 0.29) is 48.2 Å². The number of non-ortho nitro benzene ring substituents is 1. The summed E-state index contributed by atoms with van der Waals surface area (Å²) in [6.45, 7) is 0.0746. The number of amides is 2. The number of fused-ring (bicyclic) bond motifs is 1.